The van der Waals surface area contributed by atoms with Gasteiger partial charge in [0.2, 0.25) is 11.0 Å². The first-order valence-corrected chi connectivity index (χ1v) is 12.3. The normalized spacial score (nSPS) is 18.4. The van der Waals surface area contributed by atoms with Gasteiger partial charge in [-0.15, -0.1) is 0 Å². The van der Waals surface area contributed by atoms with Crippen LogP contribution in [0.2, 0.25) is 0 Å². The maximum atomic E-state index is 13.4. The van der Waals surface area contributed by atoms with E-state index >= 15 is 0 Å². The lowest BCUT2D eigenvalue weighted by Crippen LogP contribution is -2.53. The quantitative estimate of drug-likeness (QED) is 0.396. The second-order valence-corrected chi connectivity index (χ2v) is 9.32. The third-order valence-electron chi connectivity index (χ3n) is 6.46. The minimum absolute atomic E-state index is 0.0856. The average molecular weight is 479 g/mol. The Labute approximate surface area is 201 Å². The van der Waals surface area contributed by atoms with Crippen LogP contribution >= 0.6 is 11.5 Å². The van der Waals surface area contributed by atoms with E-state index in [0.29, 0.717) is 32.6 Å². The molecule has 1 atom stereocenters. The second-order valence-electron chi connectivity index (χ2n) is 8.59. The van der Waals surface area contributed by atoms with Gasteiger partial charge in [-0.25, -0.2) is 4.98 Å². The number of aromatic nitrogens is 2. The predicted molar refractivity (Wildman–Crippen MR) is 131 cm³/mol. The Hall–Kier alpha value is -3.53. The summed E-state index contributed by atoms with van der Waals surface area (Å²) in [6.07, 6.45) is 2.48. The molecular formula is C24H26N6O3S. The van der Waals surface area contributed by atoms with Gasteiger partial charge >= 0.3 is 0 Å². The van der Waals surface area contributed by atoms with E-state index < -0.39 is 4.92 Å². The minimum atomic E-state index is -0.393. The Morgan fingerprint density at radius 1 is 1.03 bits per heavy atom. The van der Waals surface area contributed by atoms with Gasteiger partial charge in [-0.05, 0) is 30.5 Å². The number of carbonyl (C=O) groups is 1. The molecule has 2 aliphatic heterocycles. The first-order chi connectivity index (χ1) is 16.6. The SMILES string of the molecule is O=C(C1CCCN1c1nc(Cc2ccccc2)ns1)N1CCN(c2ccc([N+](=O)[O-])cc2)CC1. The first-order valence-electron chi connectivity index (χ1n) is 11.5. The molecule has 34 heavy (non-hydrogen) atoms. The zero-order valence-corrected chi connectivity index (χ0v) is 19.6. The summed E-state index contributed by atoms with van der Waals surface area (Å²) >= 11 is 1.37. The molecular weight excluding hydrogens is 452 g/mol. The molecule has 9 nitrogen and oxygen atoms in total. The van der Waals surface area contributed by atoms with Crippen molar-refractivity contribution in [2.75, 3.05) is 42.5 Å². The van der Waals surface area contributed by atoms with E-state index in [1.807, 2.05) is 23.1 Å². The number of hydrogen-bond acceptors (Lipinski definition) is 8. The Morgan fingerprint density at radius 3 is 2.47 bits per heavy atom. The number of carbonyl (C=O) groups excluding carboxylic acids is 1. The van der Waals surface area contributed by atoms with Crippen molar-refractivity contribution in [2.24, 2.45) is 0 Å². The summed E-state index contributed by atoms with van der Waals surface area (Å²) in [5, 5.41) is 11.7. The Kier molecular flexibility index (Phi) is 6.39. The van der Waals surface area contributed by atoms with Crippen molar-refractivity contribution in [3.05, 3.63) is 76.1 Å². The highest BCUT2D eigenvalue weighted by atomic mass is 32.1. The standard InChI is InChI=1S/C24H26N6O3S/c31-23(28-15-13-27(14-16-28)19-8-10-20(11-9-19)30(32)33)21-7-4-12-29(21)24-25-22(26-34-24)17-18-5-2-1-3-6-18/h1-3,5-6,8-11,21H,4,7,12-17H2. The van der Waals surface area contributed by atoms with E-state index in [1.54, 1.807) is 12.1 Å². The molecule has 0 N–H and O–H groups in total. The number of non-ortho nitro benzene ring substituents is 1. The lowest BCUT2D eigenvalue weighted by molar-refractivity contribution is -0.384. The van der Waals surface area contributed by atoms with Crippen LogP contribution in [-0.4, -0.2) is 63.9 Å². The van der Waals surface area contributed by atoms with Crippen LogP contribution in [0.3, 0.4) is 0 Å². The van der Waals surface area contributed by atoms with Crippen LogP contribution in [0.1, 0.15) is 24.2 Å². The number of anilines is 2. The number of piperazine rings is 1. The third kappa shape index (κ3) is 4.72. The van der Waals surface area contributed by atoms with Crippen LogP contribution in [0, 0.1) is 10.1 Å². The van der Waals surface area contributed by atoms with Crippen molar-refractivity contribution < 1.29 is 9.72 Å². The molecule has 2 aliphatic rings. The Morgan fingerprint density at radius 2 is 1.76 bits per heavy atom. The van der Waals surface area contributed by atoms with Crippen LogP contribution in [-0.2, 0) is 11.2 Å². The van der Waals surface area contributed by atoms with Gasteiger partial charge in [-0.2, -0.15) is 4.37 Å². The lowest BCUT2D eigenvalue weighted by atomic mass is 10.1. The van der Waals surface area contributed by atoms with Crippen molar-refractivity contribution >= 4 is 33.9 Å². The molecule has 176 valence electrons. The molecule has 2 aromatic carbocycles. The zero-order valence-electron chi connectivity index (χ0n) is 18.7. The third-order valence-corrected chi connectivity index (χ3v) is 7.25. The molecule has 0 bridgehead atoms. The highest BCUT2D eigenvalue weighted by Gasteiger charge is 2.36. The van der Waals surface area contributed by atoms with E-state index in [2.05, 4.69) is 26.3 Å². The molecule has 2 saturated heterocycles. The van der Waals surface area contributed by atoms with Crippen LogP contribution in [0.4, 0.5) is 16.5 Å². The highest BCUT2D eigenvalue weighted by Crippen LogP contribution is 2.29. The van der Waals surface area contributed by atoms with Crippen LogP contribution in [0.15, 0.2) is 54.6 Å². The predicted octanol–water partition coefficient (Wildman–Crippen LogP) is 3.35. The summed E-state index contributed by atoms with van der Waals surface area (Å²) in [5.74, 6) is 0.946. The van der Waals surface area contributed by atoms with Crippen molar-refractivity contribution in [1.82, 2.24) is 14.3 Å². The molecule has 1 unspecified atom stereocenters. The van der Waals surface area contributed by atoms with Crippen molar-refractivity contribution in [2.45, 2.75) is 25.3 Å². The van der Waals surface area contributed by atoms with Crippen molar-refractivity contribution in [1.29, 1.82) is 0 Å². The summed E-state index contributed by atoms with van der Waals surface area (Å²) < 4.78 is 4.54. The molecule has 2 fully saturated rings. The van der Waals surface area contributed by atoms with E-state index in [0.717, 1.165) is 36.0 Å². The number of nitro groups is 1. The maximum absolute atomic E-state index is 13.4. The van der Waals surface area contributed by atoms with Crippen LogP contribution < -0.4 is 9.80 Å². The van der Waals surface area contributed by atoms with E-state index in [1.165, 1.54) is 29.2 Å². The number of rotatable bonds is 6. The molecule has 3 heterocycles. The number of hydrogen-bond donors (Lipinski definition) is 0. The molecule has 3 aromatic rings. The van der Waals surface area contributed by atoms with Crippen molar-refractivity contribution in [3.63, 3.8) is 0 Å². The van der Waals surface area contributed by atoms with Crippen molar-refractivity contribution in [3.8, 4) is 0 Å². The lowest BCUT2D eigenvalue weighted by Gasteiger charge is -2.38. The monoisotopic (exact) mass is 478 g/mol. The molecule has 1 aromatic heterocycles. The number of benzene rings is 2. The van der Waals surface area contributed by atoms with E-state index in [4.69, 9.17) is 4.98 Å². The number of nitro benzene ring substituents is 1. The van der Waals surface area contributed by atoms with Gasteiger partial charge in [0, 0.05) is 68.5 Å². The van der Waals surface area contributed by atoms with Gasteiger partial charge in [0.1, 0.15) is 11.9 Å². The zero-order chi connectivity index (χ0) is 23.5. The highest BCUT2D eigenvalue weighted by molar-refractivity contribution is 7.09. The molecule has 5 rings (SSSR count). The fourth-order valence-electron chi connectivity index (χ4n) is 4.64. The molecule has 0 saturated carbocycles. The molecule has 0 radical (unpaired) electrons. The van der Waals surface area contributed by atoms with Crippen LogP contribution in [0.25, 0.3) is 0 Å². The average Bonchev–Trinajstić information content (AvgIpc) is 3.54. The van der Waals surface area contributed by atoms with Crippen LogP contribution in [0.5, 0.6) is 0 Å². The first kappa shape index (κ1) is 22.3. The number of nitrogens with zero attached hydrogens (tertiary/aromatic N) is 6. The topological polar surface area (TPSA) is 95.7 Å². The van der Waals surface area contributed by atoms with Gasteiger partial charge in [0.05, 0.1) is 4.92 Å². The fourth-order valence-corrected chi connectivity index (χ4v) is 5.41. The van der Waals surface area contributed by atoms with E-state index in [-0.39, 0.29) is 17.6 Å². The summed E-state index contributed by atoms with van der Waals surface area (Å²) in [5.41, 5.74) is 2.20. The van der Waals surface area contributed by atoms with Gasteiger partial charge in [0.25, 0.3) is 5.69 Å². The van der Waals surface area contributed by atoms with Gasteiger partial charge < -0.3 is 14.7 Å². The summed E-state index contributed by atoms with van der Waals surface area (Å²) in [6, 6.07) is 16.6. The van der Waals surface area contributed by atoms with Gasteiger partial charge in [0.15, 0.2) is 0 Å². The largest absolute Gasteiger partial charge is 0.368 e. The maximum Gasteiger partial charge on any atom is 0.269 e. The Balaban J connectivity index is 1.20. The minimum Gasteiger partial charge on any atom is -0.368 e. The number of amides is 1. The summed E-state index contributed by atoms with van der Waals surface area (Å²) in [6.45, 7) is 3.50. The molecule has 1 amide bonds. The fraction of sp³-hybridized carbons (Fsp3) is 0.375. The smallest absolute Gasteiger partial charge is 0.269 e. The van der Waals surface area contributed by atoms with E-state index in [9.17, 15) is 14.9 Å². The molecule has 0 spiro atoms. The molecule has 0 aliphatic carbocycles. The van der Waals surface area contributed by atoms with Gasteiger partial charge in [-0.3, -0.25) is 14.9 Å². The summed E-state index contributed by atoms with van der Waals surface area (Å²) in [7, 11) is 0. The summed E-state index contributed by atoms with van der Waals surface area (Å²) in [4.78, 5) is 34.9. The second kappa shape index (κ2) is 9.76. The van der Waals surface area contributed by atoms with Gasteiger partial charge in [-0.1, -0.05) is 30.3 Å². The Bertz CT molecular complexity index is 1150. The molecule has 10 heteroatoms.